The van der Waals surface area contributed by atoms with Crippen molar-refractivity contribution in [3.05, 3.63) is 0 Å². The first-order valence-corrected chi connectivity index (χ1v) is 13.4. The quantitative estimate of drug-likeness (QED) is 0.0995. The molecule has 0 unspecified atom stereocenters. The molecule has 0 aromatic carbocycles. The number of carbonyl (C=O) groups is 2. The first-order valence-electron chi connectivity index (χ1n) is 12.6. The molecule has 0 aromatic rings. The van der Waals surface area contributed by atoms with Gasteiger partial charge < -0.3 is 15.2 Å². The summed E-state index contributed by atoms with van der Waals surface area (Å²) < 4.78 is 26.0. The molecule has 0 spiro atoms. The Bertz CT molecular complexity index is 464. The monoisotopic (exact) mass is 475 g/mol. The van der Waals surface area contributed by atoms with Crippen LogP contribution >= 0.6 is 8.69 Å². The maximum absolute atomic E-state index is 12.0. The number of ether oxygens (including phenoxy) is 2. The van der Waals surface area contributed by atoms with Gasteiger partial charge in [0.25, 0.3) is 0 Å². The van der Waals surface area contributed by atoms with E-state index in [0.29, 0.717) is 12.8 Å². The van der Waals surface area contributed by atoms with Gasteiger partial charge in [-0.3, -0.25) is 14.1 Å². The fourth-order valence-electron chi connectivity index (χ4n) is 3.43. The summed E-state index contributed by atoms with van der Waals surface area (Å²) in [7, 11) is -0.490. The van der Waals surface area contributed by atoms with Crippen molar-refractivity contribution in [3.63, 3.8) is 0 Å². The normalized spacial score (nSPS) is 12.1. The highest BCUT2D eigenvalue weighted by Crippen LogP contribution is 2.12. The Morgan fingerprint density at radius 3 is 1.75 bits per heavy atom. The second-order valence-corrected chi connectivity index (χ2v) is 8.81. The minimum Gasteiger partial charge on any atom is -0.462 e. The molecular weight excluding hydrogens is 429 g/mol. The lowest BCUT2D eigenvalue weighted by Crippen LogP contribution is -2.28. The molecule has 8 heteroatoms. The van der Waals surface area contributed by atoms with Gasteiger partial charge in [-0.1, -0.05) is 84.0 Å². The average molecular weight is 476 g/mol. The van der Waals surface area contributed by atoms with E-state index in [-0.39, 0.29) is 25.2 Å². The predicted octanol–water partition coefficient (Wildman–Crippen LogP) is 6.28. The van der Waals surface area contributed by atoms with Gasteiger partial charge in [-0.25, -0.2) is 4.57 Å². The Morgan fingerprint density at radius 1 is 0.719 bits per heavy atom. The number of esters is 2. The highest BCUT2D eigenvalue weighted by molar-refractivity contribution is 7.17. The zero-order valence-electron chi connectivity index (χ0n) is 20.2. The maximum Gasteiger partial charge on any atom is 0.327 e. The molecule has 0 heterocycles. The molecule has 7 nitrogen and oxygen atoms in total. The van der Waals surface area contributed by atoms with Crippen molar-refractivity contribution in [1.29, 1.82) is 0 Å². The molecule has 1 atom stereocenters. The second kappa shape index (κ2) is 24.6. The van der Waals surface area contributed by atoms with Crippen molar-refractivity contribution in [2.75, 3.05) is 19.8 Å². The van der Waals surface area contributed by atoms with Crippen LogP contribution in [0.4, 0.5) is 0 Å². The van der Waals surface area contributed by atoms with E-state index in [1.807, 2.05) is 0 Å². The van der Waals surface area contributed by atoms with E-state index in [1.54, 1.807) is 0 Å². The molecule has 2 N–H and O–H groups in total. The van der Waals surface area contributed by atoms with Crippen LogP contribution in [0, 0.1) is 0 Å². The van der Waals surface area contributed by atoms with E-state index in [1.165, 1.54) is 51.4 Å². The van der Waals surface area contributed by atoms with Gasteiger partial charge in [0.05, 0.1) is 0 Å². The molecule has 188 valence electrons. The fourth-order valence-corrected chi connectivity index (χ4v) is 3.66. The number of carbonyl (C=O) groups excluding carboxylic acids is 2. The van der Waals surface area contributed by atoms with Crippen LogP contribution in [-0.4, -0.2) is 37.8 Å². The summed E-state index contributed by atoms with van der Waals surface area (Å²) in [4.78, 5) is 24.0. The molecular formula is C24H46NO6P. The van der Waals surface area contributed by atoms with Gasteiger partial charge in [0.2, 0.25) is 0 Å². The summed E-state index contributed by atoms with van der Waals surface area (Å²) in [5, 5.41) is 0. The Morgan fingerprint density at radius 2 is 1.22 bits per heavy atom. The molecule has 32 heavy (non-hydrogen) atoms. The lowest BCUT2D eigenvalue weighted by atomic mass is 10.1. The summed E-state index contributed by atoms with van der Waals surface area (Å²) in [6.07, 6.45) is 16.7. The summed E-state index contributed by atoms with van der Waals surface area (Å²) in [5.74, 6) is -0.640. The molecule has 0 fully saturated rings. The van der Waals surface area contributed by atoms with Crippen molar-refractivity contribution in [3.8, 4) is 0 Å². The van der Waals surface area contributed by atoms with Crippen LogP contribution in [0.3, 0.4) is 0 Å². The molecule has 0 aliphatic rings. The second-order valence-electron chi connectivity index (χ2n) is 8.40. The van der Waals surface area contributed by atoms with Crippen molar-refractivity contribution < 1.29 is 28.2 Å². The van der Waals surface area contributed by atoms with Crippen LogP contribution < -0.4 is 5.73 Å². The molecule has 0 aliphatic carbocycles. The number of unbranched alkanes of at least 4 members (excludes halogenated alkanes) is 13. The van der Waals surface area contributed by atoms with Gasteiger partial charge in [-0.15, -0.1) is 0 Å². The largest absolute Gasteiger partial charge is 0.462 e. The molecule has 0 saturated carbocycles. The Kier molecular flexibility index (Phi) is 23.8. The van der Waals surface area contributed by atoms with Crippen LogP contribution in [0.5, 0.6) is 0 Å². The van der Waals surface area contributed by atoms with Crippen molar-refractivity contribution in [2.45, 2.75) is 122 Å². The number of nitrogens with two attached hydrogens (primary N) is 1. The molecule has 0 aliphatic heterocycles. The van der Waals surface area contributed by atoms with Crippen molar-refractivity contribution in [1.82, 2.24) is 0 Å². The maximum atomic E-state index is 12.0. The molecule has 0 bridgehead atoms. The van der Waals surface area contributed by atoms with Crippen molar-refractivity contribution >= 4 is 20.6 Å². The lowest BCUT2D eigenvalue weighted by molar-refractivity contribution is -0.160. The first kappa shape index (κ1) is 31.0. The number of hydrogen-bond acceptors (Lipinski definition) is 7. The Hall–Kier alpha value is -1.04. The third-order valence-electron chi connectivity index (χ3n) is 5.36. The van der Waals surface area contributed by atoms with Crippen LogP contribution in [-0.2, 0) is 28.2 Å². The molecule has 0 amide bonds. The van der Waals surface area contributed by atoms with E-state index >= 15 is 0 Å². The predicted molar refractivity (Wildman–Crippen MR) is 128 cm³/mol. The van der Waals surface area contributed by atoms with Gasteiger partial charge in [-0.05, 0) is 25.8 Å². The zero-order chi connectivity index (χ0) is 23.7. The SMILES string of the molecule is CCCCCCCCC(=O)O[C@H](COP=O)COC(=O)CCCCCCCCCCCN. The van der Waals surface area contributed by atoms with Gasteiger partial charge in [-0.2, -0.15) is 0 Å². The average Bonchev–Trinajstić information content (AvgIpc) is 2.79. The van der Waals surface area contributed by atoms with Gasteiger partial charge in [0.15, 0.2) is 6.10 Å². The van der Waals surface area contributed by atoms with E-state index in [0.717, 1.165) is 51.5 Å². The first-order chi connectivity index (χ1) is 15.6. The number of hydrogen-bond donors (Lipinski definition) is 1. The highest BCUT2D eigenvalue weighted by atomic mass is 31.1. The van der Waals surface area contributed by atoms with Gasteiger partial charge in [0.1, 0.15) is 13.2 Å². The number of rotatable bonds is 24. The smallest absolute Gasteiger partial charge is 0.327 e. The third-order valence-corrected chi connectivity index (χ3v) is 5.62. The molecule has 0 rings (SSSR count). The molecule has 0 aromatic heterocycles. The van der Waals surface area contributed by atoms with E-state index in [2.05, 4.69) is 6.92 Å². The lowest BCUT2D eigenvalue weighted by Gasteiger charge is -2.16. The summed E-state index contributed by atoms with van der Waals surface area (Å²) >= 11 is 0. The summed E-state index contributed by atoms with van der Waals surface area (Å²) in [6.45, 7) is 2.82. The molecule has 0 radical (unpaired) electrons. The standard InChI is InChI=1S/C24H46NO6P/c1-2-3-4-5-11-15-18-24(27)31-22(21-30-32-28)20-29-23(26)17-14-12-9-7-6-8-10-13-16-19-25/h22H,2-21,25H2,1H3/t22-/m0/s1. The summed E-state index contributed by atoms with van der Waals surface area (Å²) in [6, 6.07) is 0. The topological polar surface area (TPSA) is 105 Å². The van der Waals surface area contributed by atoms with Crippen LogP contribution in [0.1, 0.15) is 116 Å². The summed E-state index contributed by atoms with van der Waals surface area (Å²) in [5.41, 5.74) is 5.48. The highest BCUT2D eigenvalue weighted by Gasteiger charge is 2.17. The van der Waals surface area contributed by atoms with E-state index < -0.39 is 14.8 Å². The third kappa shape index (κ3) is 22.2. The van der Waals surface area contributed by atoms with E-state index in [9.17, 15) is 14.2 Å². The van der Waals surface area contributed by atoms with Crippen molar-refractivity contribution in [2.24, 2.45) is 5.73 Å². The van der Waals surface area contributed by atoms with Crippen LogP contribution in [0.15, 0.2) is 0 Å². The zero-order valence-corrected chi connectivity index (χ0v) is 21.1. The van der Waals surface area contributed by atoms with E-state index in [4.69, 9.17) is 19.7 Å². The fraction of sp³-hybridized carbons (Fsp3) is 0.917. The van der Waals surface area contributed by atoms with Crippen LogP contribution in [0.25, 0.3) is 0 Å². The Labute approximate surface area is 196 Å². The minimum atomic E-state index is -0.729. The van der Waals surface area contributed by atoms with Gasteiger partial charge >= 0.3 is 20.6 Å². The van der Waals surface area contributed by atoms with Gasteiger partial charge in [0, 0.05) is 12.8 Å². The minimum absolute atomic E-state index is 0.0636. The van der Waals surface area contributed by atoms with Crippen LogP contribution in [0.2, 0.25) is 0 Å². The Balaban J connectivity index is 3.85. The molecule has 0 saturated heterocycles.